The van der Waals surface area contributed by atoms with Gasteiger partial charge in [-0.3, -0.25) is 19.2 Å². The fraction of sp³-hybridized carbons (Fsp3) is 0.655. The van der Waals surface area contributed by atoms with Gasteiger partial charge in [0.25, 0.3) is 0 Å². The van der Waals surface area contributed by atoms with E-state index in [1.165, 1.54) is 12.3 Å². The lowest BCUT2D eigenvalue weighted by molar-refractivity contribution is -0.141. The number of aromatic nitrogens is 1. The maximum absolute atomic E-state index is 11.2. The number of nitriles is 1. The highest BCUT2D eigenvalue weighted by atomic mass is 16.4. The number of carbonyl (C=O) groups is 4. The van der Waals surface area contributed by atoms with Crippen LogP contribution in [-0.4, -0.2) is 91.5 Å². The monoisotopic (exact) mass is 580 g/mol. The number of amides is 4. The van der Waals surface area contributed by atoms with Crippen LogP contribution in [0.2, 0.25) is 0 Å². The largest absolute Gasteiger partial charge is 0.504 e. The lowest BCUT2D eigenvalue weighted by atomic mass is 9.84. The minimum atomic E-state index is -0.174. The van der Waals surface area contributed by atoms with Crippen molar-refractivity contribution in [1.29, 1.82) is 5.26 Å². The summed E-state index contributed by atoms with van der Waals surface area (Å²) in [6.45, 7) is 19.2. The number of methoxy groups -OCH3 is 1. The summed E-state index contributed by atoms with van der Waals surface area (Å²) in [5.74, 6) is 1.46. The zero-order valence-electron chi connectivity index (χ0n) is 26.5. The Balaban J connectivity index is -0.000000463. The molecular formula is C29H52N6O6. The summed E-state index contributed by atoms with van der Waals surface area (Å²) in [7, 11) is 3.25. The molecule has 3 heterocycles. The second kappa shape index (κ2) is 25.3. The van der Waals surface area contributed by atoms with Crippen LogP contribution in [0.25, 0.3) is 0 Å². The number of nitrogens with zero attached hydrogens (tertiary/aromatic N) is 4. The number of nitrogens with one attached hydrogen (secondary N) is 2. The maximum Gasteiger partial charge on any atom is 0.241 e. The molecule has 0 saturated carbocycles. The first-order chi connectivity index (χ1) is 19.3. The van der Waals surface area contributed by atoms with Crippen molar-refractivity contribution < 1.29 is 29.0 Å². The van der Waals surface area contributed by atoms with Gasteiger partial charge >= 0.3 is 0 Å². The molecule has 3 rings (SSSR count). The molecule has 2 atom stereocenters. The average molecular weight is 581 g/mol. The number of hydrogen-bond donors (Lipinski definition) is 3. The molecule has 2 unspecified atom stereocenters. The molecule has 0 radical (unpaired) electrons. The van der Waals surface area contributed by atoms with Gasteiger partial charge < -0.3 is 30.3 Å². The van der Waals surface area contributed by atoms with E-state index in [4.69, 9.17) is 10.4 Å². The molecule has 2 aliphatic rings. The highest BCUT2D eigenvalue weighted by Gasteiger charge is 2.36. The molecule has 4 amide bonds. The van der Waals surface area contributed by atoms with E-state index in [1.54, 1.807) is 30.1 Å². The Labute approximate surface area is 246 Å². The van der Waals surface area contributed by atoms with E-state index in [9.17, 15) is 19.2 Å². The fourth-order valence-corrected chi connectivity index (χ4v) is 3.29. The van der Waals surface area contributed by atoms with Crippen molar-refractivity contribution in [2.45, 2.75) is 67.9 Å². The van der Waals surface area contributed by atoms with Crippen molar-refractivity contribution in [1.82, 2.24) is 20.1 Å². The van der Waals surface area contributed by atoms with Crippen LogP contribution < -0.4 is 10.6 Å². The molecule has 1 aromatic rings. The predicted octanol–water partition coefficient (Wildman–Crippen LogP) is 3.28. The molecule has 12 heteroatoms. The van der Waals surface area contributed by atoms with Crippen LogP contribution in [0.1, 0.15) is 61.8 Å². The summed E-state index contributed by atoms with van der Waals surface area (Å²) in [5.41, 5.74) is 0.261. The number of pyridine rings is 1. The first kappa shape index (κ1) is 41.8. The Kier molecular flexibility index (Phi) is 25.7. The van der Waals surface area contributed by atoms with Gasteiger partial charge in [0.15, 0.2) is 11.6 Å². The standard InChI is InChI=1S/C8H14N2O2.C7H10N2O.C6H6N2O2.C4H10.C2H6O.C2H6/c1-8(2)4-10(5-8)7(12)3-9-6-11;1-6-2-7(3-8)9(4-6)5-10;9-4-8-6-5(10)2-1-3-7-6;1-4(2)3;1-3-2;1-2/h6H,3-5H2,1-2H3,(H,9,11);5-7H,2,4H2,1H3;1-4,10H,(H,7,8,9);4H,1-3H3;1-2H3;1-2H3. The molecule has 0 aromatic carbocycles. The smallest absolute Gasteiger partial charge is 0.241 e. The Morgan fingerprint density at radius 3 is 2.12 bits per heavy atom. The molecule has 0 aliphatic carbocycles. The van der Waals surface area contributed by atoms with Crippen LogP contribution in [0.3, 0.4) is 0 Å². The van der Waals surface area contributed by atoms with Gasteiger partial charge in [0.2, 0.25) is 25.1 Å². The third-order valence-electron chi connectivity index (χ3n) is 4.74. The van der Waals surface area contributed by atoms with Crippen molar-refractivity contribution in [3.05, 3.63) is 18.3 Å². The van der Waals surface area contributed by atoms with Crippen molar-refractivity contribution in [2.75, 3.05) is 45.7 Å². The molecule has 41 heavy (non-hydrogen) atoms. The van der Waals surface area contributed by atoms with E-state index in [1.807, 2.05) is 20.8 Å². The van der Waals surface area contributed by atoms with Crippen molar-refractivity contribution in [3.8, 4) is 11.8 Å². The van der Waals surface area contributed by atoms with E-state index in [0.717, 1.165) is 38.4 Å². The molecule has 0 spiro atoms. The van der Waals surface area contributed by atoms with Crippen LogP contribution in [0.5, 0.6) is 5.75 Å². The second-order valence-electron chi connectivity index (χ2n) is 10.5. The van der Waals surface area contributed by atoms with Crippen LogP contribution in [0.4, 0.5) is 5.82 Å². The zero-order valence-corrected chi connectivity index (χ0v) is 26.5. The van der Waals surface area contributed by atoms with E-state index in [0.29, 0.717) is 18.7 Å². The minimum absolute atomic E-state index is 0.00132. The molecule has 2 aliphatic heterocycles. The fourth-order valence-electron chi connectivity index (χ4n) is 3.29. The summed E-state index contributed by atoms with van der Waals surface area (Å²) < 4.78 is 4.25. The summed E-state index contributed by atoms with van der Waals surface area (Å²) >= 11 is 0. The topological polar surface area (TPSA) is 165 Å². The van der Waals surface area contributed by atoms with Gasteiger partial charge in [0, 0.05) is 40.1 Å². The van der Waals surface area contributed by atoms with Gasteiger partial charge in [-0.2, -0.15) is 5.26 Å². The van der Waals surface area contributed by atoms with E-state index >= 15 is 0 Å². The van der Waals surface area contributed by atoms with Gasteiger partial charge in [-0.15, -0.1) is 0 Å². The normalized spacial score (nSPS) is 17.1. The quantitative estimate of drug-likeness (QED) is 0.431. The molecule has 0 bridgehead atoms. The Morgan fingerprint density at radius 1 is 1.22 bits per heavy atom. The van der Waals surface area contributed by atoms with E-state index < -0.39 is 0 Å². The Hall–Kier alpha value is -3.72. The highest BCUT2D eigenvalue weighted by Crippen LogP contribution is 2.28. The van der Waals surface area contributed by atoms with Crippen LogP contribution in [0, 0.1) is 28.6 Å². The van der Waals surface area contributed by atoms with Gasteiger partial charge in [-0.25, -0.2) is 4.98 Å². The summed E-state index contributed by atoms with van der Waals surface area (Å²) in [6, 6.07) is 4.93. The minimum Gasteiger partial charge on any atom is -0.504 e. The van der Waals surface area contributed by atoms with Crippen molar-refractivity contribution in [2.24, 2.45) is 17.3 Å². The number of rotatable bonds is 6. The maximum atomic E-state index is 11.2. The molecule has 12 nitrogen and oxygen atoms in total. The molecule has 2 fully saturated rings. The number of likely N-dealkylation sites (tertiary alicyclic amines) is 2. The molecule has 1 aromatic heterocycles. The van der Waals surface area contributed by atoms with Gasteiger partial charge in [0.05, 0.1) is 12.6 Å². The van der Waals surface area contributed by atoms with Gasteiger partial charge in [-0.1, -0.05) is 55.4 Å². The van der Waals surface area contributed by atoms with Gasteiger partial charge in [0.1, 0.15) is 6.04 Å². The first-order valence-electron chi connectivity index (χ1n) is 13.6. The zero-order chi connectivity index (χ0) is 32.4. The van der Waals surface area contributed by atoms with Crippen LogP contribution >= 0.6 is 0 Å². The van der Waals surface area contributed by atoms with Crippen LogP contribution in [-0.2, 0) is 23.9 Å². The summed E-state index contributed by atoms with van der Waals surface area (Å²) in [5, 5.41) is 22.1. The average Bonchev–Trinajstić information content (AvgIpc) is 3.29. The number of carbonyl (C=O) groups excluding carboxylic acids is 4. The predicted molar refractivity (Wildman–Crippen MR) is 161 cm³/mol. The number of ether oxygens (including phenoxy) is 1. The van der Waals surface area contributed by atoms with Crippen LogP contribution in [0.15, 0.2) is 18.3 Å². The van der Waals surface area contributed by atoms with Gasteiger partial charge in [-0.05, 0) is 35.8 Å². The second-order valence-corrected chi connectivity index (χ2v) is 10.5. The third-order valence-corrected chi connectivity index (χ3v) is 4.74. The Bertz CT molecular complexity index is 880. The lowest BCUT2D eigenvalue weighted by Crippen LogP contribution is -2.57. The molecule has 234 valence electrons. The van der Waals surface area contributed by atoms with Crippen molar-refractivity contribution in [3.63, 3.8) is 0 Å². The summed E-state index contributed by atoms with van der Waals surface area (Å²) in [6.07, 6.45) is 4.07. The highest BCUT2D eigenvalue weighted by molar-refractivity contribution is 5.80. The molecule has 3 N–H and O–H groups in total. The summed E-state index contributed by atoms with van der Waals surface area (Å²) in [4.78, 5) is 48.2. The van der Waals surface area contributed by atoms with E-state index in [2.05, 4.69) is 61.0 Å². The SMILES string of the molecule is CC.CC(C)C.CC1(C)CN(C(=O)CNC=O)C1.CC1CC(C#N)N(C=O)C1.COC.O=CNc1ncccc1O. The number of hydrogen-bond acceptors (Lipinski definition) is 8. The number of anilines is 1. The lowest BCUT2D eigenvalue weighted by Gasteiger charge is -2.45. The first-order valence-corrected chi connectivity index (χ1v) is 13.6. The molecular weight excluding hydrogens is 528 g/mol. The molecule has 2 saturated heterocycles. The van der Waals surface area contributed by atoms with Crippen molar-refractivity contribution >= 4 is 31.0 Å². The Morgan fingerprint density at radius 2 is 1.76 bits per heavy atom. The van der Waals surface area contributed by atoms with E-state index in [-0.39, 0.29) is 35.5 Å². The number of aromatic hydroxyl groups is 1. The third kappa shape index (κ3) is 21.7.